The number of halogens is 1. The van der Waals surface area contributed by atoms with Gasteiger partial charge in [0.05, 0.1) is 12.8 Å². The van der Waals surface area contributed by atoms with Crippen LogP contribution in [0.2, 0.25) is 0 Å². The maximum Gasteiger partial charge on any atom is 0.224 e. The molecule has 17 heavy (non-hydrogen) atoms. The second-order valence-electron chi connectivity index (χ2n) is 4.12. The predicted octanol–water partition coefficient (Wildman–Crippen LogP) is 1.01. The number of rotatable bonds is 5. The first-order valence-electron chi connectivity index (χ1n) is 5.84. The molecule has 1 fully saturated rings. The minimum Gasteiger partial charge on any atom is -0.395 e. The summed E-state index contributed by atoms with van der Waals surface area (Å²) in [5, 5.41) is 11.8. The minimum atomic E-state index is -0.440. The topological polar surface area (TPSA) is 61.3 Å². The minimum absolute atomic E-state index is 0.00513. The summed E-state index contributed by atoms with van der Waals surface area (Å²) in [7, 11) is 1.69. The Morgan fingerprint density at radius 2 is 2.35 bits per heavy atom. The average Bonchev–Trinajstić information content (AvgIpc) is 2.27. The molecule has 1 aromatic heterocycles. The summed E-state index contributed by atoms with van der Waals surface area (Å²) >= 11 is 0. The quantitative estimate of drug-likeness (QED) is 0.804. The Bertz CT molecular complexity index is 384. The highest BCUT2D eigenvalue weighted by Crippen LogP contribution is 2.29. The molecular weight excluding hydrogens is 223 g/mol. The van der Waals surface area contributed by atoms with Crippen LogP contribution >= 0.6 is 0 Å². The van der Waals surface area contributed by atoms with Crippen LogP contribution in [0, 0.1) is 5.82 Å². The van der Waals surface area contributed by atoms with Crippen LogP contribution in [0.25, 0.3) is 0 Å². The first-order valence-corrected chi connectivity index (χ1v) is 5.84. The average molecular weight is 240 g/mol. The number of anilines is 2. The highest BCUT2D eigenvalue weighted by Gasteiger charge is 2.27. The van der Waals surface area contributed by atoms with E-state index in [1.807, 2.05) is 4.90 Å². The monoisotopic (exact) mass is 240 g/mol. The van der Waals surface area contributed by atoms with Gasteiger partial charge in [0, 0.05) is 19.6 Å². The lowest BCUT2D eigenvalue weighted by molar-refractivity contribution is 0.282. The number of aliphatic hydroxyl groups is 1. The van der Waals surface area contributed by atoms with Crippen molar-refractivity contribution in [3.05, 3.63) is 12.0 Å². The molecule has 0 amide bonds. The molecule has 0 atom stereocenters. The Morgan fingerprint density at radius 1 is 1.59 bits per heavy atom. The van der Waals surface area contributed by atoms with Gasteiger partial charge in [-0.25, -0.2) is 9.37 Å². The fraction of sp³-hybridized carbons (Fsp3) is 0.636. The van der Waals surface area contributed by atoms with E-state index < -0.39 is 5.82 Å². The molecule has 6 heteroatoms. The van der Waals surface area contributed by atoms with E-state index in [1.54, 1.807) is 7.05 Å². The second kappa shape index (κ2) is 5.27. The zero-order valence-electron chi connectivity index (χ0n) is 9.86. The van der Waals surface area contributed by atoms with Gasteiger partial charge in [0.1, 0.15) is 0 Å². The summed E-state index contributed by atoms with van der Waals surface area (Å²) in [4.78, 5) is 9.78. The van der Waals surface area contributed by atoms with Gasteiger partial charge in [-0.15, -0.1) is 0 Å². The van der Waals surface area contributed by atoms with Gasteiger partial charge < -0.3 is 15.3 Å². The van der Waals surface area contributed by atoms with E-state index in [4.69, 9.17) is 5.11 Å². The van der Waals surface area contributed by atoms with Gasteiger partial charge in [-0.1, -0.05) is 0 Å². The van der Waals surface area contributed by atoms with Crippen molar-refractivity contribution in [2.45, 2.75) is 25.3 Å². The molecule has 94 valence electrons. The third-order valence-electron chi connectivity index (χ3n) is 3.08. The molecule has 1 aromatic rings. The summed E-state index contributed by atoms with van der Waals surface area (Å²) in [5.41, 5.74) is 0. The van der Waals surface area contributed by atoms with Gasteiger partial charge in [0.2, 0.25) is 5.95 Å². The van der Waals surface area contributed by atoms with Crippen LogP contribution < -0.4 is 10.2 Å². The highest BCUT2D eigenvalue weighted by molar-refractivity contribution is 5.45. The largest absolute Gasteiger partial charge is 0.395 e. The fourth-order valence-corrected chi connectivity index (χ4v) is 1.95. The molecule has 0 spiro atoms. The van der Waals surface area contributed by atoms with Crippen molar-refractivity contribution in [3.8, 4) is 0 Å². The lowest BCUT2D eigenvalue weighted by atomic mass is 9.91. The molecule has 5 nitrogen and oxygen atoms in total. The van der Waals surface area contributed by atoms with Crippen LogP contribution in [0.3, 0.4) is 0 Å². The SMILES string of the molecule is CNc1ncc(F)c(N(CCO)C2CCC2)n1. The summed E-state index contributed by atoms with van der Waals surface area (Å²) < 4.78 is 13.7. The molecule has 0 aromatic carbocycles. The third kappa shape index (κ3) is 2.46. The predicted molar refractivity (Wildman–Crippen MR) is 63.6 cm³/mol. The Labute approximate surface area is 99.7 Å². The molecule has 2 N–H and O–H groups in total. The van der Waals surface area contributed by atoms with Crippen LogP contribution in [0.4, 0.5) is 16.2 Å². The summed E-state index contributed by atoms with van der Waals surface area (Å²) in [5.74, 6) is 0.233. The highest BCUT2D eigenvalue weighted by atomic mass is 19.1. The zero-order chi connectivity index (χ0) is 12.3. The van der Waals surface area contributed by atoms with Gasteiger partial charge in [-0.2, -0.15) is 4.98 Å². The van der Waals surface area contributed by atoms with Gasteiger partial charge >= 0.3 is 0 Å². The van der Waals surface area contributed by atoms with E-state index >= 15 is 0 Å². The van der Waals surface area contributed by atoms with E-state index in [1.165, 1.54) is 0 Å². The van der Waals surface area contributed by atoms with Crippen LogP contribution in [-0.4, -0.2) is 41.3 Å². The molecule has 0 aliphatic heterocycles. The summed E-state index contributed by atoms with van der Waals surface area (Å²) in [6.07, 6.45) is 4.37. The van der Waals surface area contributed by atoms with Crippen molar-refractivity contribution in [1.82, 2.24) is 9.97 Å². The van der Waals surface area contributed by atoms with E-state index in [-0.39, 0.29) is 18.5 Å². The Morgan fingerprint density at radius 3 is 2.88 bits per heavy atom. The zero-order valence-corrected chi connectivity index (χ0v) is 9.86. The van der Waals surface area contributed by atoms with Crippen LogP contribution in [0.15, 0.2) is 6.20 Å². The second-order valence-corrected chi connectivity index (χ2v) is 4.12. The molecule has 1 aliphatic rings. The molecule has 0 saturated heterocycles. The van der Waals surface area contributed by atoms with Crippen molar-refractivity contribution < 1.29 is 9.50 Å². The van der Waals surface area contributed by atoms with Crippen molar-refractivity contribution in [2.75, 3.05) is 30.4 Å². The normalized spacial score (nSPS) is 15.5. The van der Waals surface area contributed by atoms with E-state index in [9.17, 15) is 4.39 Å². The first kappa shape index (κ1) is 12.0. The van der Waals surface area contributed by atoms with Gasteiger partial charge in [0.25, 0.3) is 0 Å². The van der Waals surface area contributed by atoms with Crippen molar-refractivity contribution >= 4 is 11.8 Å². The van der Waals surface area contributed by atoms with E-state index in [0.29, 0.717) is 12.5 Å². The number of hydrogen-bond donors (Lipinski definition) is 2. The Hall–Kier alpha value is -1.43. The first-order chi connectivity index (χ1) is 8.26. The molecular formula is C11H17FN4O. The molecule has 2 rings (SSSR count). The number of nitrogens with one attached hydrogen (secondary N) is 1. The van der Waals surface area contributed by atoms with Crippen LogP contribution in [-0.2, 0) is 0 Å². The lowest BCUT2D eigenvalue weighted by Gasteiger charge is -2.38. The fourth-order valence-electron chi connectivity index (χ4n) is 1.95. The molecule has 0 unspecified atom stereocenters. The van der Waals surface area contributed by atoms with E-state index in [0.717, 1.165) is 25.5 Å². The lowest BCUT2D eigenvalue weighted by Crippen LogP contribution is -2.43. The van der Waals surface area contributed by atoms with Gasteiger partial charge in [0.15, 0.2) is 11.6 Å². The van der Waals surface area contributed by atoms with Crippen molar-refractivity contribution in [2.24, 2.45) is 0 Å². The number of aliphatic hydroxyl groups excluding tert-OH is 1. The van der Waals surface area contributed by atoms with E-state index in [2.05, 4.69) is 15.3 Å². The maximum atomic E-state index is 13.7. The summed E-state index contributed by atoms with van der Waals surface area (Å²) in [6, 6.07) is 0.288. The third-order valence-corrected chi connectivity index (χ3v) is 3.08. The molecule has 1 heterocycles. The molecule has 0 radical (unpaired) electrons. The molecule has 1 aliphatic carbocycles. The number of aromatic nitrogens is 2. The Balaban J connectivity index is 2.26. The van der Waals surface area contributed by atoms with Crippen molar-refractivity contribution in [1.29, 1.82) is 0 Å². The number of hydrogen-bond acceptors (Lipinski definition) is 5. The van der Waals surface area contributed by atoms with Crippen LogP contribution in [0.5, 0.6) is 0 Å². The standard InChI is InChI=1S/C11H17FN4O/c1-13-11-14-7-9(12)10(15-11)16(5-6-17)8-3-2-4-8/h7-8,17H,2-6H2,1H3,(H,13,14,15). The summed E-state index contributed by atoms with van der Waals surface area (Å²) in [6.45, 7) is 0.399. The van der Waals surface area contributed by atoms with Crippen molar-refractivity contribution in [3.63, 3.8) is 0 Å². The van der Waals surface area contributed by atoms with Crippen LogP contribution in [0.1, 0.15) is 19.3 Å². The maximum absolute atomic E-state index is 13.7. The molecule has 0 bridgehead atoms. The molecule has 1 saturated carbocycles. The number of nitrogens with zero attached hydrogens (tertiary/aromatic N) is 3. The van der Waals surface area contributed by atoms with Gasteiger partial charge in [-0.05, 0) is 19.3 Å². The Kier molecular flexibility index (Phi) is 3.73. The smallest absolute Gasteiger partial charge is 0.224 e. The van der Waals surface area contributed by atoms with Gasteiger partial charge in [-0.3, -0.25) is 0 Å².